The number of pyridine rings is 1. The Balaban J connectivity index is 1.79. The molecule has 1 aromatic heterocycles. The first-order valence-corrected chi connectivity index (χ1v) is 9.31. The van der Waals surface area contributed by atoms with Gasteiger partial charge in [-0.05, 0) is 61.9 Å². The van der Waals surface area contributed by atoms with E-state index >= 15 is 0 Å². The summed E-state index contributed by atoms with van der Waals surface area (Å²) in [5.74, 6) is -0.503. The Hall–Kier alpha value is -3.67. The maximum absolute atomic E-state index is 13.1. The number of benzene rings is 2. The van der Waals surface area contributed by atoms with Crippen molar-refractivity contribution in [3.63, 3.8) is 0 Å². The summed E-state index contributed by atoms with van der Waals surface area (Å²) in [6.07, 6.45) is 3.21. The summed E-state index contributed by atoms with van der Waals surface area (Å²) in [6, 6.07) is 16.5. The van der Waals surface area contributed by atoms with Crippen LogP contribution in [-0.4, -0.2) is 30.5 Å². The normalized spacial score (nSPS) is 10.3. The predicted octanol–water partition coefficient (Wildman–Crippen LogP) is 4.59. The van der Waals surface area contributed by atoms with Crippen LogP contribution in [0.5, 0.6) is 0 Å². The van der Waals surface area contributed by atoms with Crippen molar-refractivity contribution in [1.29, 1.82) is 0 Å². The molecule has 29 heavy (non-hydrogen) atoms. The second-order valence-corrected chi connectivity index (χ2v) is 6.54. The Morgan fingerprint density at radius 1 is 1.00 bits per heavy atom. The number of rotatable bonds is 6. The average molecular weight is 389 g/mol. The van der Waals surface area contributed by atoms with Crippen molar-refractivity contribution in [2.75, 3.05) is 23.9 Å². The first-order chi connectivity index (χ1) is 14.0. The minimum Gasteiger partial charge on any atom is -0.465 e. The number of esters is 1. The molecule has 0 saturated carbocycles. The van der Waals surface area contributed by atoms with Gasteiger partial charge in [0, 0.05) is 24.1 Å². The summed E-state index contributed by atoms with van der Waals surface area (Å²) in [5, 5.41) is 3.20. The molecule has 0 fully saturated rings. The molecule has 0 saturated heterocycles. The molecule has 0 spiro atoms. The number of ether oxygens (including phenoxy) is 1. The standard InChI is InChI=1S/C23H23N3O3/c1-4-26(21-7-5-6-16(2)12-21)22(27)18-13-20(15-24-14-18)25-19-10-8-17(9-11-19)23(28)29-3/h5-15,25H,4H2,1-3H3. The van der Waals surface area contributed by atoms with E-state index < -0.39 is 0 Å². The highest BCUT2D eigenvalue weighted by atomic mass is 16.5. The molecule has 0 atom stereocenters. The summed E-state index contributed by atoms with van der Waals surface area (Å²) in [6.45, 7) is 4.49. The van der Waals surface area contributed by atoms with Gasteiger partial charge in [0.05, 0.1) is 30.1 Å². The van der Waals surface area contributed by atoms with Crippen molar-refractivity contribution in [3.05, 3.63) is 83.7 Å². The van der Waals surface area contributed by atoms with Crippen molar-refractivity contribution >= 4 is 28.9 Å². The average Bonchev–Trinajstić information content (AvgIpc) is 2.74. The van der Waals surface area contributed by atoms with E-state index in [2.05, 4.69) is 10.3 Å². The molecule has 1 N–H and O–H groups in total. The summed E-state index contributed by atoms with van der Waals surface area (Å²) >= 11 is 0. The molecule has 148 valence electrons. The van der Waals surface area contributed by atoms with Crippen molar-refractivity contribution in [1.82, 2.24) is 4.98 Å². The molecular formula is C23H23N3O3. The molecule has 1 heterocycles. The molecule has 2 aromatic carbocycles. The van der Waals surface area contributed by atoms with Gasteiger partial charge in [-0.2, -0.15) is 0 Å². The van der Waals surface area contributed by atoms with Crippen LogP contribution in [0, 0.1) is 6.92 Å². The number of carbonyl (C=O) groups excluding carboxylic acids is 2. The Morgan fingerprint density at radius 3 is 2.41 bits per heavy atom. The minimum absolute atomic E-state index is 0.115. The number of anilines is 3. The molecule has 6 heteroatoms. The van der Waals surface area contributed by atoms with Crippen LogP contribution in [0.2, 0.25) is 0 Å². The first-order valence-electron chi connectivity index (χ1n) is 9.31. The summed E-state index contributed by atoms with van der Waals surface area (Å²) in [7, 11) is 1.35. The van der Waals surface area contributed by atoms with Gasteiger partial charge in [-0.1, -0.05) is 12.1 Å². The summed E-state index contributed by atoms with van der Waals surface area (Å²) in [4.78, 5) is 30.5. The van der Waals surface area contributed by atoms with E-state index in [9.17, 15) is 9.59 Å². The predicted molar refractivity (Wildman–Crippen MR) is 114 cm³/mol. The van der Waals surface area contributed by atoms with Crippen molar-refractivity contribution in [3.8, 4) is 0 Å². The number of nitrogens with zero attached hydrogens (tertiary/aromatic N) is 2. The number of carbonyl (C=O) groups is 2. The number of hydrogen-bond donors (Lipinski definition) is 1. The monoisotopic (exact) mass is 389 g/mol. The molecule has 0 aliphatic rings. The molecule has 1 amide bonds. The molecule has 0 unspecified atom stereocenters. The van der Waals surface area contributed by atoms with Crippen LogP contribution in [0.4, 0.5) is 17.1 Å². The molecule has 0 radical (unpaired) electrons. The van der Waals surface area contributed by atoms with Crippen LogP contribution in [0.1, 0.15) is 33.2 Å². The van der Waals surface area contributed by atoms with Crippen LogP contribution in [0.25, 0.3) is 0 Å². The van der Waals surface area contributed by atoms with E-state index in [0.717, 1.165) is 16.9 Å². The summed E-state index contributed by atoms with van der Waals surface area (Å²) in [5.41, 5.74) is 4.37. The molecular weight excluding hydrogens is 366 g/mol. The molecule has 6 nitrogen and oxygen atoms in total. The highest BCUT2D eigenvalue weighted by Gasteiger charge is 2.17. The van der Waals surface area contributed by atoms with Gasteiger partial charge in [0.1, 0.15) is 0 Å². The Labute approximate surface area is 170 Å². The smallest absolute Gasteiger partial charge is 0.337 e. The zero-order valence-electron chi connectivity index (χ0n) is 16.7. The lowest BCUT2D eigenvalue weighted by Gasteiger charge is -2.21. The first kappa shape index (κ1) is 20.1. The fourth-order valence-electron chi connectivity index (χ4n) is 2.99. The zero-order chi connectivity index (χ0) is 20.8. The second-order valence-electron chi connectivity index (χ2n) is 6.54. The lowest BCUT2D eigenvalue weighted by Crippen LogP contribution is -2.30. The van der Waals surface area contributed by atoms with Gasteiger partial charge in [-0.25, -0.2) is 4.79 Å². The number of nitrogens with one attached hydrogen (secondary N) is 1. The fourth-order valence-corrected chi connectivity index (χ4v) is 2.99. The lowest BCUT2D eigenvalue weighted by molar-refractivity contribution is 0.0600. The second kappa shape index (κ2) is 9.01. The Morgan fingerprint density at radius 2 is 1.76 bits per heavy atom. The lowest BCUT2D eigenvalue weighted by atomic mass is 10.1. The highest BCUT2D eigenvalue weighted by molar-refractivity contribution is 6.06. The molecule has 3 rings (SSSR count). The topological polar surface area (TPSA) is 71.5 Å². The number of aryl methyl sites for hydroxylation is 1. The van der Waals surface area contributed by atoms with E-state index in [4.69, 9.17) is 4.74 Å². The van der Waals surface area contributed by atoms with Crippen LogP contribution >= 0.6 is 0 Å². The van der Waals surface area contributed by atoms with Crippen LogP contribution in [0.3, 0.4) is 0 Å². The third kappa shape index (κ3) is 4.79. The van der Waals surface area contributed by atoms with Crippen molar-refractivity contribution in [2.24, 2.45) is 0 Å². The fraction of sp³-hybridized carbons (Fsp3) is 0.174. The SMILES string of the molecule is CCN(C(=O)c1cncc(Nc2ccc(C(=O)OC)cc2)c1)c1cccc(C)c1. The van der Waals surface area contributed by atoms with Gasteiger partial charge in [-0.15, -0.1) is 0 Å². The summed E-state index contributed by atoms with van der Waals surface area (Å²) < 4.78 is 4.70. The number of hydrogen-bond acceptors (Lipinski definition) is 5. The molecule has 0 aliphatic heterocycles. The third-order valence-electron chi connectivity index (χ3n) is 4.45. The maximum atomic E-state index is 13.1. The van der Waals surface area contributed by atoms with Gasteiger partial charge < -0.3 is 15.0 Å². The minimum atomic E-state index is -0.387. The van der Waals surface area contributed by atoms with Gasteiger partial charge in [0.15, 0.2) is 0 Å². The maximum Gasteiger partial charge on any atom is 0.337 e. The van der Waals surface area contributed by atoms with E-state index in [0.29, 0.717) is 23.4 Å². The van der Waals surface area contributed by atoms with Gasteiger partial charge in [-0.3, -0.25) is 9.78 Å². The van der Waals surface area contributed by atoms with Crippen LogP contribution in [-0.2, 0) is 4.74 Å². The van der Waals surface area contributed by atoms with E-state index in [-0.39, 0.29) is 11.9 Å². The van der Waals surface area contributed by atoms with E-state index in [1.54, 1.807) is 47.6 Å². The number of amides is 1. The van der Waals surface area contributed by atoms with Gasteiger partial charge >= 0.3 is 5.97 Å². The number of aromatic nitrogens is 1. The van der Waals surface area contributed by atoms with Crippen molar-refractivity contribution < 1.29 is 14.3 Å². The van der Waals surface area contributed by atoms with E-state index in [1.807, 2.05) is 38.1 Å². The largest absolute Gasteiger partial charge is 0.465 e. The third-order valence-corrected chi connectivity index (χ3v) is 4.45. The zero-order valence-corrected chi connectivity index (χ0v) is 16.7. The quantitative estimate of drug-likeness (QED) is 0.625. The molecule has 3 aromatic rings. The van der Waals surface area contributed by atoms with Crippen LogP contribution in [0.15, 0.2) is 67.0 Å². The van der Waals surface area contributed by atoms with Gasteiger partial charge in [0.2, 0.25) is 0 Å². The van der Waals surface area contributed by atoms with Crippen molar-refractivity contribution in [2.45, 2.75) is 13.8 Å². The number of methoxy groups -OCH3 is 1. The molecule has 0 aliphatic carbocycles. The van der Waals surface area contributed by atoms with Gasteiger partial charge in [0.25, 0.3) is 5.91 Å². The Bertz CT molecular complexity index is 1020. The highest BCUT2D eigenvalue weighted by Crippen LogP contribution is 2.21. The Kier molecular flexibility index (Phi) is 6.24. The molecule has 0 bridgehead atoms. The van der Waals surface area contributed by atoms with Crippen LogP contribution < -0.4 is 10.2 Å². The van der Waals surface area contributed by atoms with E-state index in [1.165, 1.54) is 7.11 Å².